The molecular formula is C18H19N3O3S. The lowest BCUT2D eigenvalue weighted by Crippen LogP contribution is -2.26. The van der Waals surface area contributed by atoms with Crippen LogP contribution in [0.5, 0.6) is 0 Å². The average molecular weight is 357 g/mol. The fourth-order valence-corrected chi connectivity index (χ4v) is 3.58. The lowest BCUT2D eigenvalue weighted by atomic mass is 10.1. The molecule has 0 aliphatic rings. The number of hydrogen-bond acceptors (Lipinski definition) is 5. The molecule has 0 spiro atoms. The van der Waals surface area contributed by atoms with Crippen molar-refractivity contribution in [1.82, 2.24) is 14.9 Å². The van der Waals surface area contributed by atoms with Crippen LogP contribution in [0.15, 0.2) is 57.9 Å². The minimum Gasteiger partial charge on any atom is -0.339 e. The van der Waals surface area contributed by atoms with Gasteiger partial charge < -0.3 is 4.52 Å². The number of nitrogens with one attached hydrogen (secondary N) is 1. The van der Waals surface area contributed by atoms with E-state index >= 15 is 0 Å². The van der Waals surface area contributed by atoms with Crippen LogP contribution in [0, 0.1) is 13.8 Å². The molecule has 1 aromatic heterocycles. The summed E-state index contributed by atoms with van der Waals surface area (Å²) < 4.78 is 32.3. The molecule has 3 rings (SSSR count). The molecule has 0 aliphatic heterocycles. The molecule has 130 valence electrons. The van der Waals surface area contributed by atoms with E-state index in [0.717, 1.165) is 16.7 Å². The molecule has 0 unspecified atom stereocenters. The second-order valence-electron chi connectivity index (χ2n) is 5.79. The van der Waals surface area contributed by atoms with Gasteiger partial charge in [0.15, 0.2) is 0 Å². The van der Waals surface area contributed by atoms with Crippen LogP contribution in [0.25, 0.3) is 11.4 Å². The van der Waals surface area contributed by atoms with Gasteiger partial charge in [-0.2, -0.15) is 4.98 Å². The van der Waals surface area contributed by atoms with Gasteiger partial charge in [0.2, 0.25) is 21.7 Å². The number of benzene rings is 2. The van der Waals surface area contributed by atoms with Crippen LogP contribution in [0.3, 0.4) is 0 Å². The Balaban J connectivity index is 1.64. The first kappa shape index (κ1) is 17.3. The first-order valence-corrected chi connectivity index (χ1v) is 9.39. The fraction of sp³-hybridized carbons (Fsp3) is 0.222. The number of hydrogen-bond donors (Lipinski definition) is 1. The average Bonchev–Trinajstić information content (AvgIpc) is 3.04. The molecule has 25 heavy (non-hydrogen) atoms. The third-order valence-electron chi connectivity index (χ3n) is 3.78. The molecular weight excluding hydrogens is 338 g/mol. The van der Waals surface area contributed by atoms with Gasteiger partial charge in [-0.1, -0.05) is 41.6 Å². The predicted molar refractivity (Wildman–Crippen MR) is 94.5 cm³/mol. The highest BCUT2D eigenvalue weighted by molar-refractivity contribution is 7.89. The minimum atomic E-state index is -3.54. The normalized spacial score (nSPS) is 11.6. The molecule has 0 amide bonds. The maximum absolute atomic E-state index is 12.3. The zero-order valence-electron chi connectivity index (χ0n) is 14.1. The molecule has 0 saturated heterocycles. The van der Waals surface area contributed by atoms with Crippen LogP contribution in [-0.2, 0) is 16.4 Å². The van der Waals surface area contributed by atoms with Crippen molar-refractivity contribution in [2.24, 2.45) is 0 Å². The van der Waals surface area contributed by atoms with E-state index in [1.165, 1.54) is 0 Å². The molecule has 1 heterocycles. The Kier molecular flexibility index (Phi) is 4.96. The largest absolute Gasteiger partial charge is 0.339 e. The van der Waals surface area contributed by atoms with Crippen LogP contribution in [0.1, 0.15) is 17.0 Å². The van der Waals surface area contributed by atoms with Crippen molar-refractivity contribution >= 4 is 10.0 Å². The van der Waals surface area contributed by atoms with E-state index < -0.39 is 10.0 Å². The highest BCUT2D eigenvalue weighted by Gasteiger charge is 2.15. The van der Waals surface area contributed by atoms with Gasteiger partial charge in [-0.05, 0) is 37.1 Å². The monoisotopic (exact) mass is 357 g/mol. The SMILES string of the molecule is Cc1cccc(S(=O)(=O)NCCc2nc(-c3ccccc3C)no2)c1. The van der Waals surface area contributed by atoms with Crippen molar-refractivity contribution in [2.75, 3.05) is 6.54 Å². The van der Waals surface area contributed by atoms with Crippen molar-refractivity contribution in [3.63, 3.8) is 0 Å². The minimum absolute atomic E-state index is 0.186. The number of rotatable bonds is 6. The van der Waals surface area contributed by atoms with Crippen LogP contribution in [0.4, 0.5) is 0 Å². The second-order valence-corrected chi connectivity index (χ2v) is 7.56. The fourth-order valence-electron chi connectivity index (χ4n) is 2.45. The van der Waals surface area contributed by atoms with E-state index in [1.54, 1.807) is 18.2 Å². The Morgan fingerprint density at radius 3 is 2.64 bits per heavy atom. The Morgan fingerprint density at radius 1 is 1.08 bits per heavy atom. The third kappa shape index (κ3) is 4.12. The smallest absolute Gasteiger partial charge is 0.240 e. The molecule has 0 fully saturated rings. The van der Waals surface area contributed by atoms with Crippen LogP contribution in [0.2, 0.25) is 0 Å². The molecule has 0 saturated carbocycles. The maximum Gasteiger partial charge on any atom is 0.240 e. The lowest BCUT2D eigenvalue weighted by molar-refractivity contribution is 0.379. The third-order valence-corrected chi connectivity index (χ3v) is 5.24. The van der Waals surface area contributed by atoms with E-state index in [1.807, 2.05) is 44.2 Å². The van der Waals surface area contributed by atoms with Gasteiger partial charge in [-0.3, -0.25) is 0 Å². The number of aromatic nitrogens is 2. The summed E-state index contributed by atoms with van der Waals surface area (Å²) in [4.78, 5) is 4.58. The summed E-state index contributed by atoms with van der Waals surface area (Å²) in [5.74, 6) is 0.903. The number of sulfonamides is 1. The first-order chi connectivity index (χ1) is 12.0. The summed E-state index contributed by atoms with van der Waals surface area (Å²) >= 11 is 0. The summed E-state index contributed by atoms with van der Waals surface area (Å²) in [6.07, 6.45) is 0.323. The summed E-state index contributed by atoms with van der Waals surface area (Å²) in [7, 11) is -3.54. The first-order valence-electron chi connectivity index (χ1n) is 7.90. The van der Waals surface area contributed by atoms with Crippen molar-refractivity contribution in [3.8, 4) is 11.4 Å². The maximum atomic E-state index is 12.3. The molecule has 0 bridgehead atoms. The topological polar surface area (TPSA) is 85.1 Å². The molecule has 2 aromatic carbocycles. The predicted octanol–water partition coefficient (Wildman–Crippen LogP) is 2.87. The van der Waals surface area contributed by atoms with Gasteiger partial charge >= 0.3 is 0 Å². The van der Waals surface area contributed by atoms with Crippen molar-refractivity contribution in [2.45, 2.75) is 25.2 Å². The van der Waals surface area contributed by atoms with Gasteiger partial charge in [-0.15, -0.1) is 0 Å². The van der Waals surface area contributed by atoms with E-state index in [9.17, 15) is 8.42 Å². The van der Waals surface area contributed by atoms with Gasteiger partial charge in [0.25, 0.3) is 0 Å². The summed E-state index contributed by atoms with van der Waals surface area (Å²) in [5.41, 5.74) is 2.84. The summed E-state index contributed by atoms with van der Waals surface area (Å²) in [6, 6.07) is 14.5. The van der Waals surface area contributed by atoms with Crippen molar-refractivity contribution in [3.05, 3.63) is 65.5 Å². The van der Waals surface area contributed by atoms with E-state index in [0.29, 0.717) is 18.1 Å². The highest BCUT2D eigenvalue weighted by atomic mass is 32.2. The van der Waals surface area contributed by atoms with E-state index in [4.69, 9.17) is 4.52 Å². The quantitative estimate of drug-likeness (QED) is 0.733. The van der Waals surface area contributed by atoms with Gasteiger partial charge in [0, 0.05) is 18.5 Å². The molecule has 3 aromatic rings. The van der Waals surface area contributed by atoms with E-state index in [2.05, 4.69) is 14.9 Å². The number of nitrogens with zero attached hydrogens (tertiary/aromatic N) is 2. The Labute approximate surface area is 147 Å². The zero-order valence-corrected chi connectivity index (χ0v) is 14.9. The van der Waals surface area contributed by atoms with Crippen molar-refractivity contribution in [1.29, 1.82) is 0 Å². The van der Waals surface area contributed by atoms with Gasteiger partial charge in [-0.25, -0.2) is 13.1 Å². The van der Waals surface area contributed by atoms with Crippen LogP contribution in [-0.4, -0.2) is 25.1 Å². The van der Waals surface area contributed by atoms with Gasteiger partial charge in [0.05, 0.1) is 4.90 Å². The summed E-state index contributed by atoms with van der Waals surface area (Å²) in [6.45, 7) is 4.01. The Bertz CT molecular complexity index is 980. The van der Waals surface area contributed by atoms with Crippen LogP contribution >= 0.6 is 0 Å². The molecule has 7 heteroatoms. The zero-order chi connectivity index (χ0) is 17.9. The van der Waals surface area contributed by atoms with Crippen LogP contribution < -0.4 is 4.72 Å². The number of aryl methyl sites for hydroxylation is 2. The molecule has 1 N–H and O–H groups in total. The highest BCUT2D eigenvalue weighted by Crippen LogP contribution is 2.19. The van der Waals surface area contributed by atoms with Crippen molar-refractivity contribution < 1.29 is 12.9 Å². The van der Waals surface area contributed by atoms with Gasteiger partial charge in [0.1, 0.15) is 0 Å². The molecule has 0 aliphatic carbocycles. The molecule has 0 radical (unpaired) electrons. The Morgan fingerprint density at radius 2 is 1.88 bits per heavy atom. The lowest BCUT2D eigenvalue weighted by Gasteiger charge is -2.06. The second kappa shape index (κ2) is 7.16. The Hall–Kier alpha value is -2.51. The molecule has 0 atom stereocenters. The standard InChI is InChI=1S/C18H19N3O3S/c1-13-6-5-8-15(12-13)25(22,23)19-11-10-17-20-18(21-24-17)16-9-4-3-7-14(16)2/h3-9,12,19H,10-11H2,1-2H3. The summed E-state index contributed by atoms with van der Waals surface area (Å²) in [5, 5.41) is 3.97. The van der Waals surface area contributed by atoms with E-state index in [-0.39, 0.29) is 11.4 Å². The molecule has 6 nitrogen and oxygen atoms in total.